The molecule has 122 valence electrons. The number of methoxy groups -OCH3 is 2. The molecule has 0 aromatic carbocycles. The number of nitrogens with zero attached hydrogens (tertiary/aromatic N) is 1. The van der Waals surface area contributed by atoms with E-state index in [0.29, 0.717) is 0 Å². The fraction of sp³-hybridized carbons (Fsp3) is 0.267. The van der Waals surface area contributed by atoms with E-state index in [4.69, 9.17) is 25.8 Å². The minimum absolute atomic E-state index is 0.0880. The van der Waals surface area contributed by atoms with Gasteiger partial charge in [-0.1, -0.05) is 17.7 Å². The zero-order valence-electron chi connectivity index (χ0n) is 12.7. The van der Waals surface area contributed by atoms with Crippen LogP contribution in [0, 0.1) is 0 Å². The van der Waals surface area contributed by atoms with Gasteiger partial charge in [0, 0.05) is 0 Å². The number of hydrogen-bond donors (Lipinski definition) is 0. The Morgan fingerprint density at radius 2 is 1.65 bits per heavy atom. The van der Waals surface area contributed by atoms with Gasteiger partial charge in [-0.3, -0.25) is 4.40 Å². The number of aromatic nitrogens is 1. The first-order valence-corrected chi connectivity index (χ1v) is 7.02. The lowest BCUT2D eigenvalue weighted by Gasteiger charge is -2.06. The van der Waals surface area contributed by atoms with Gasteiger partial charge in [0.05, 0.1) is 26.3 Å². The molecule has 0 spiro atoms. The highest BCUT2D eigenvalue weighted by Gasteiger charge is 2.34. The van der Waals surface area contributed by atoms with Gasteiger partial charge in [-0.25, -0.2) is 14.4 Å². The zero-order chi connectivity index (χ0) is 17.1. The average molecular weight is 340 g/mol. The maximum absolute atomic E-state index is 12.3. The van der Waals surface area contributed by atoms with Crippen molar-refractivity contribution in [2.45, 2.75) is 6.92 Å². The molecule has 0 radical (unpaired) electrons. The number of halogens is 1. The lowest BCUT2D eigenvalue weighted by atomic mass is 10.1. The molecule has 0 aliphatic rings. The molecular formula is C15H14ClNO6. The second kappa shape index (κ2) is 6.70. The monoisotopic (exact) mass is 339 g/mol. The maximum Gasteiger partial charge on any atom is 0.356 e. The largest absolute Gasteiger partial charge is 0.465 e. The predicted molar refractivity (Wildman–Crippen MR) is 81.0 cm³/mol. The Balaban J connectivity index is 2.97. The second-order valence-electron chi connectivity index (χ2n) is 4.37. The molecule has 23 heavy (non-hydrogen) atoms. The van der Waals surface area contributed by atoms with Crippen molar-refractivity contribution >= 4 is 35.0 Å². The van der Waals surface area contributed by atoms with Crippen LogP contribution in [-0.2, 0) is 14.2 Å². The van der Waals surface area contributed by atoms with Gasteiger partial charge >= 0.3 is 17.9 Å². The van der Waals surface area contributed by atoms with Crippen molar-refractivity contribution in [2.75, 3.05) is 20.8 Å². The van der Waals surface area contributed by atoms with Crippen molar-refractivity contribution < 1.29 is 28.6 Å². The van der Waals surface area contributed by atoms with Crippen LogP contribution in [0.5, 0.6) is 0 Å². The van der Waals surface area contributed by atoms with Crippen LogP contribution in [0.25, 0.3) is 5.52 Å². The van der Waals surface area contributed by atoms with Crippen LogP contribution in [0.15, 0.2) is 18.2 Å². The maximum atomic E-state index is 12.3. The van der Waals surface area contributed by atoms with E-state index in [0.717, 1.165) is 7.11 Å². The van der Waals surface area contributed by atoms with Crippen molar-refractivity contribution in [1.82, 2.24) is 4.40 Å². The highest BCUT2D eigenvalue weighted by Crippen LogP contribution is 2.29. The van der Waals surface area contributed by atoms with Gasteiger partial charge in [-0.2, -0.15) is 0 Å². The molecule has 8 heteroatoms. The Kier molecular flexibility index (Phi) is 4.90. The molecule has 0 saturated heterocycles. The second-order valence-corrected chi connectivity index (χ2v) is 4.76. The summed E-state index contributed by atoms with van der Waals surface area (Å²) in [4.78, 5) is 36.6. The molecule has 0 fully saturated rings. The summed E-state index contributed by atoms with van der Waals surface area (Å²) in [6.45, 7) is 1.71. The van der Waals surface area contributed by atoms with Gasteiger partial charge in [0.2, 0.25) is 0 Å². The van der Waals surface area contributed by atoms with Crippen LogP contribution in [0.2, 0.25) is 5.15 Å². The molecule has 0 aliphatic heterocycles. The summed E-state index contributed by atoms with van der Waals surface area (Å²) in [5.74, 6) is -2.46. The lowest BCUT2D eigenvalue weighted by Crippen LogP contribution is -2.16. The van der Waals surface area contributed by atoms with E-state index in [1.54, 1.807) is 13.0 Å². The van der Waals surface area contributed by atoms with E-state index in [2.05, 4.69) is 0 Å². The predicted octanol–water partition coefficient (Wildman–Crippen LogP) is 2.34. The van der Waals surface area contributed by atoms with Crippen LogP contribution in [0.3, 0.4) is 0 Å². The molecule has 0 aliphatic carbocycles. The van der Waals surface area contributed by atoms with Gasteiger partial charge in [0.1, 0.15) is 22.0 Å². The number of pyridine rings is 1. The third-order valence-corrected chi connectivity index (χ3v) is 3.45. The molecule has 2 rings (SSSR count). The molecule has 0 amide bonds. The zero-order valence-corrected chi connectivity index (χ0v) is 13.5. The standard InChI is InChI=1S/C15H14ClNO6/c1-4-23-15(20)12-11(14(19)22-3)10(13(18)21-2)8-6-5-7-9(16)17(8)12/h5-7H,4H2,1-3H3. The van der Waals surface area contributed by atoms with Crippen molar-refractivity contribution in [2.24, 2.45) is 0 Å². The fourth-order valence-electron chi connectivity index (χ4n) is 2.27. The highest BCUT2D eigenvalue weighted by atomic mass is 35.5. The minimum atomic E-state index is -0.867. The van der Waals surface area contributed by atoms with Crippen molar-refractivity contribution in [3.8, 4) is 0 Å². The molecule has 2 heterocycles. The molecular weight excluding hydrogens is 326 g/mol. The van der Waals surface area contributed by atoms with E-state index in [1.807, 2.05) is 0 Å². The molecule has 0 unspecified atom stereocenters. The molecule has 7 nitrogen and oxygen atoms in total. The van der Waals surface area contributed by atoms with Crippen LogP contribution in [-0.4, -0.2) is 43.1 Å². The Labute approximate surface area is 136 Å². The summed E-state index contributed by atoms with van der Waals surface area (Å²) in [5, 5.41) is 0.130. The first-order valence-electron chi connectivity index (χ1n) is 6.64. The molecule has 2 aromatic rings. The number of fused-ring (bicyclic) bond motifs is 1. The molecule has 0 atom stereocenters. The van der Waals surface area contributed by atoms with Crippen molar-refractivity contribution in [1.29, 1.82) is 0 Å². The fourth-order valence-corrected chi connectivity index (χ4v) is 2.51. The lowest BCUT2D eigenvalue weighted by molar-refractivity contribution is 0.0494. The quantitative estimate of drug-likeness (QED) is 0.483. The molecule has 0 N–H and O–H groups in total. The van der Waals surface area contributed by atoms with Crippen LogP contribution < -0.4 is 0 Å². The van der Waals surface area contributed by atoms with Gasteiger partial charge in [0.25, 0.3) is 0 Å². The molecule has 2 aromatic heterocycles. The summed E-state index contributed by atoms with van der Waals surface area (Å²) >= 11 is 6.14. The average Bonchev–Trinajstić information content (AvgIpc) is 2.90. The number of carbonyl (C=O) groups is 3. The summed E-state index contributed by atoms with van der Waals surface area (Å²) in [6, 6.07) is 4.63. The van der Waals surface area contributed by atoms with E-state index >= 15 is 0 Å². The summed E-state index contributed by atoms with van der Waals surface area (Å²) in [7, 11) is 2.31. The van der Waals surface area contributed by atoms with Gasteiger partial charge in [-0.15, -0.1) is 0 Å². The molecule has 0 bridgehead atoms. The first-order chi connectivity index (χ1) is 11.0. The number of hydrogen-bond acceptors (Lipinski definition) is 6. The Morgan fingerprint density at radius 1 is 1.04 bits per heavy atom. The van der Waals surface area contributed by atoms with E-state index < -0.39 is 17.9 Å². The third-order valence-electron chi connectivity index (χ3n) is 3.16. The SMILES string of the molecule is CCOC(=O)c1c(C(=O)OC)c(C(=O)OC)c2cccc(Cl)n12. The number of esters is 3. The van der Waals surface area contributed by atoms with Crippen LogP contribution >= 0.6 is 11.6 Å². The Hall–Kier alpha value is -2.54. The Bertz CT molecular complexity index is 795. The smallest absolute Gasteiger partial charge is 0.356 e. The van der Waals surface area contributed by atoms with Crippen LogP contribution in [0.4, 0.5) is 0 Å². The molecule has 0 saturated carbocycles. The van der Waals surface area contributed by atoms with Gasteiger partial charge < -0.3 is 14.2 Å². The Morgan fingerprint density at radius 3 is 2.22 bits per heavy atom. The number of ether oxygens (including phenoxy) is 3. The topological polar surface area (TPSA) is 83.3 Å². The highest BCUT2D eigenvalue weighted by molar-refractivity contribution is 6.30. The van der Waals surface area contributed by atoms with Gasteiger partial charge in [0.15, 0.2) is 0 Å². The summed E-state index contributed by atoms with van der Waals surface area (Å²) in [5.41, 5.74) is -0.289. The number of carbonyl (C=O) groups excluding carboxylic acids is 3. The van der Waals surface area contributed by atoms with E-state index in [1.165, 1.54) is 23.6 Å². The normalized spacial score (nSPS) is 10.4. The van der Waals surface area contributed by atoms with Crippen molar-refractivity contribution in [3.05, 3.63) is 40.2 Å². The van der Waals surface area contributed by atoms with Gasteiger partial charge in [-0.05, 0) is 19.1 Å². The number of rotatable bonds is 4. The minimum Gasteiger partial charge on any atom is -0.465 e. The summed E-state index contributed by atoms with van der Waals surface area (Å²) < 4.78 is 15.7. The van der Waals surface area contributed by atoms with Crippen LogP contribution in [0.1, 0.15) is 38.1 Å². The van der Waals surface area contributed by atoms with E-state index in [-0.39, 0.29) is 34.1 Å². The first kappa shape index (κ1) is 16.8. The van der Waals surface area contributed by atoms with Crippen molar-refractivity contribution in [3.63, 3.8) is 0 Å². The summed E-state index contributed by atoms with van der Waals surface area (Å²) in [6.07, 6.45) is 0. The van der Waals surface area contributed by atoms with E-state index in [9.17, 15) is 14.4 Å². The third kappa shape index (κ3) is 2.75.